The largest absolute Gasteiger partial charge is 0.488 e. The van der Waals surface area contributed by atoms with Crippen molar-refractivity contribution >= 4 is 51.8 Å². The summed E-state index contributed by atoms with van der Waals surface area (Å²) in [5.74, 6) is 0.495. The van der Waals surface area contributed by atoms with Crippen LogP contribution in [0.5, 0.6) is 5.75 Å². The van der Waals surface area contributed by atoms with Crippen molar-refractivity contribution in [2.45, 2.75) is 43.9 Å². The molecular weight excluding hydrogens is 526 g/mol. The highest BCUT2D eigenvalue weighted by Gasteiger charge is 2.35. The van der Waals surface area contributed by atoms with Gasteiger partial charge in [0.2, 0.25) is 0 Å². The van der Waals surface area contributed by atoms with Gasteiger partial charge < -0.3 is 15.0 Å². The summed E-state index contributed by atoms with van der Waals surface area (Å²) in [5.41, 5.74) is 1.03. The van der Waals surface area contributed by atoms with Gasteiger partial charge in [-0.05, 0) is 74.2 Å². The van der Waals surface area contributed by atoms with Crippen molar-refractivity contribution in [3.05, 3.63) is 69.3 Å². The molecule has 1 amide bonds. The molecule has 2 aliphatic rings. The highest BCUT2D eigenvalue weighted by atomic mass is 35.5. The van der Waals surface area contributed by atoms with E-state index in [0.717, 1.165) is 11.6 Å². The number of carbonyl (C=O) groups is 1. The number of pyridine rings is 1. The maximum atomic E-state index is 13.5. The maximum Gasteiger partial charge on any atom is 0.433 e. The van der Waals surface area contributed by atoms with Gasteiger partial charge in [-0.25, -0.2) is 4.98 Å². The average molecular weight is 550 g/mol. The Morgan fingerprint density at radius 3 is 2.49 bits per heavy atom. The molecule has 2 aromatic carbocycles. The second-order valence-corrected chi connectivity index (χ2v) is 10.3. The lowest BCUT2D eigenvalue weighted by Crippen LogP contribution is -2.44. The summed E-state index contributed by atoms with van der Waals surface area (Å²) in [5, 5.41) is 4.65. The number of fused-ring (bicyclic) bond motifs is 2. The van der Waals surface area contributed by atoms with Crippen molar-refractivity contribution in [1.29, 1.82) is 0 Å². The second-order valence-electron chi connectivity index (χ2n) is 9.42. The second kappa shape index (κ2) is 10.1. The number of nitrogens with zero attached hydrogens (tertiary/aromatic N) is 2. The predicted octanol–water partition coefficient (Wildman–Crippen LogP) is 6.90. The van der Waals surface area contributed by atoms with Crippen LogP contribution in [0.15, 0.2) is 48.0 Å². The highest BCUT2D eigenvalue weighted by Crippen LogP contribution is 2.37. The van der Waals surface area contributed by atoms with E-state index in [0.29, 0.717) is 58.1 Å². The van der Waals surface area contributed by atoms with Crippen LogP contribution in [0.3, 0.4) is 0 Å². The molecule has 3 aromatic rings. The Hall–Kier alpha value is -2.97. The Balaban J connectivity index is 1.28. The third-order valence-electron chi connectivity index (χ3n) is 6.98. The average Bonchev–Trinajstić information content (AvgIpc) is 2.87. The van der Waals surface area contributed by atoms with Crippen LogP contribution >= 0.6 is 23.2 Å². The van der Waals surface area contributed by atoms with E-state index < -0.39 is 11.9 Å². The van der Waals surface area contributed by atoms with E-state index in [1.807, 2.05) is 4.90 Å². The zero-order chi connectivity index (χ0) is 26.3. The van der Waals surface area contributed by atoms with Crippen molar-refractivity contribution in [3.63, 3.8) is 0 Å². The van der Waals surface area contributed by atoms with E-state index in [1.165, 1.54) is 12.1 Å². The first kappa shape index (κ1) is 25.7. The van der Waals surface area contributed by atoms with Gasteiger partial charge in [-0.15, -0.1) is 0 Å². The Bertz CT molecular complexity index is 1390. The summed E-state index contributed by atoms with van der Waals surface area (Å²) < 4.78 is 46.3. The first-order valence-electron chi connectivity index (χ1n) is 11.9. The molecule has 0 radical (unpaired) electrons. The molecule has 1 saturated carbocycles. The summed E-state index contributed by atoms with van der Waals surface area (Å²) in [6, 6.07) is 11.0. The molecule has 5 rings (SSSR count). The molecule has 0 atom stereocenters. The molecule has 194 valence electrons. The van der Waals surface area contributed by atoms with Crippen LogP contribution in [0, 0.1) is 0 Å². The summed E-state index contributed by atoms with van der Waals surface area (Å²) in [6.45, 7) is 0.178. The molecule has 37 heavy (non-hydrogen) atoms. The van der Waals surface area contributed by atoms with Crippen molar-refractivity contribution in [2.24, 2.45) is 0 Å². The number of aromatic nitrogens is 1. The molecule has 1 aliphatic heterocycles. The Kier molecular flexibility index (Phi) is 6.98. The van der Waals surface area contributed by atoms with E-state index in [4.69, 9.17) is 27.9 Å². The lowest BCUT2D eigenvalue weighted by Gasteiger charge is -2.37. The van der Waals surface area contributed by atoms with Crippen molar-refractivity contribution in [1.82, 2.24) is 10.3 Å². The lowest BCUT2D eigenvalue weighted by atomic mass is 9.89. The minimum atomic E-state index is -4.56. The standard InChI is InChI=1S/C27H24Cl2F3N3O2/c1-35(23-13-25(27(30,31)32)34-22-8-2-18(29)12-21(22)23)20-6-4-19(5-7-20)33-26(36)16-10-15-11-17(28)3-9-24(15)37-14-16/h2-3,8-13,19-20H,4-7,14H2,1H3,(H,33,36)/t19-,20+. The van der Waals surface area contributed by atoms with Crippen molar-refractivity contribution in [3.8, 4) is 5.75 Å². The topological polar surface area (TPSA) is 54.5 Å². The molecule has 1 fully saturated rings. The van der Waals surface area contributed by atoms with E-state index in [2.05, 4.69) is 10.3 Å². The number of amides is 1. The monoisotopic (exact) mass is 549 g/mol. The molecule has 10 heteroatoms. The van der Waals surface area contributed by atoms with E-state index >= 15 is 0 Å². The van der Waals surface area contributed by atoms with E-state index in [1.54, 1.807) is 37.4 Å². The predicted molar refractivity (Wildman–Crippen MR) is 139 cm³/mol. The number of halogens is 5. The molecule has 0 unspecified atom stereocenters. The normalized spacial score (nSPS) is 19.6. The third kappa shape index (κ3) is 5.50. The number of hydrogen-bond acceptors (Lipinski definition) is 4. The molecular formula is C27H24Cl2F3N3O2. The van der Waals surface area contributed by atoms with E-state index in [9.17, 15) is 18.0 Å². The number of rotatable bonds is 4. The van der Waals surface area contributed by atoms with Gasteiger partial charge in [-0.1, -0.05) is 23.2 Å². The zero-order valence-corrected chi connectivity index (χ0v) is 21.4. The first-order chi connectivity index (χ1) is 17.6. The SMILES string of the molecule is CN(c1cc(C(F)(F)F)nc2ccc(Cl)cc12)[C@H]1CC[C@@H](NC(=O)C2=Cc3cc(Cl)ccc3OC2)CC1. The van der Waals surface area contributed by atoms with Gasteiger partial charge in [0.25, 0.3) is 5.91 Å². The number of hydrogen-bond donors (Lipinski definition) is 1. The van der Waals surface area contributed by atoms with Gasteiger partial charge in [0.1, 0.15) is 18.1 Å². The number of anilines is 1. The number of carbonyl (C=O) groups excluding carboxylic acids is 1. The minimum Gasteiger partial charge on any atom is -0.488 e. The van der Waals surface area contributed by atoms with Gasteiger partial charge in [0, 0.05) is 45.8 Å². The Morgan fingerprint density at radius 1 is 1.05 bits per heavy atom. The maximum absolute atomic E-state index is 13.5. The summed E-state index contributed by atoms with van der Waals surface area (Å²) in [4.78, 5) is 18.6. The first-order valence-corrected chi connectivity index (χ1v) is 12.7. The molecule has 1 N–H and O–H groups in total. The molecule has 0 bridgehead atoms. The summed E-state index contributed by atoms with van der Waals surface area (Å²) in [7, 11) is 1.80. The molecule has 1 aromatic heterocycles. The molecule has 1 aliphatic carbocycles. The van der Waals surface area contributed by atoms with Gasteiger partial charge in [0.05, 0.1) is 11.1 Å². The Labute approximate surface area is 222 Å². The van der Waals surface area contributed by atoms with Crippen LogP contribution in [0.2, 0.25) is 10.0 Å². The number of nitrogens with one attached hydrogen (secondary N) is 1. The van der Waals surface area contributed by atoms with Gasteiger partial charge in [0.15, 0.2) is 0 Å². The molecule has 0 saturated heterocycles. The van der Waals surface area contributed by atoms with Crippen LogP contribution in [0.4, 0.5) is 18.9 Å². The minimum absolute atomic E-state index is 0.00469. The van der Waals surface area contributed by atoms with Crippen molar-refractivity contribution < 1.29 is 22.7 Å². The summed E-state index contributed by atoms with van der Waals surface area (Å²) >= 11 is 12.2. The smallest absolute Gasteiger partial charge is 0.433 e. The molecule has 2 heterocycles. The summed E-state index contributed by atoms with van der Waals surface area (Å²) in [6.07, 6.45) is 0.0504. The van der Waals surface area contributed by atoms with Crippen LogP contribution < -0.4 is 15.0 Å². The molecule has 0 spiro atoms. The quantitative estimate of drug-likeness (QED) is 0.384. The number of alkyl halides is 3. The van der Waals surface area contributed by atoms with Crippen LogP contribution in [0.25, 0.3) is 17.0 Å². The van der Waals surface area contributed by atoms with Gasteiger partial charge in [-0.2, -0.15) is 13.2 Å². The highest BCUT2D eigenvalue weighted by molar-refractivity contribution is 6.31. The third-order valence-corrected chi connectivity index (χ3v) is 7.45. The van der Waals surface area contributed by atoms with Crippen LogP contribution in [-0.4, -0.2) is 36.6 Å². The number of benzene rings is 2. The molecule has 5 nitrogen and oxygen atoms in total. The van der Waals surface area contributed by atoms with Gasteiger partial charge in [-0.3, -0.25) is 4.79 Å². The fourth-order valence-electron chi connectivity index (χ4n) is 4.98. The van der Waals surface area contributed by atoms with Crippen LogP contribution in [0.1, 0.15) is 36.9 Å². The number of ether oxygens (including phenoxy) is 1. The lowest BCUT2D eigenvalue weighted by molar-refractivity contribution is -0.140. The van der Waals surface area contributed by atoms with E-state index in [-0.39, 0.29) is 30.1 Å². The fraction of sp³-hybridized carbons (Fsp3) is 0.333. The zero-order valence-electron chi connectivity index (χ0n) is 19.9. The van der Waals surface area contributed by atoms with Gasteiger partial charge >= 0.3 is 6.18 Å². The fourth-order valence-corrected chi connectivity index (χ4v) is 5.33. The Morgan fingerprint density at radius 2 is 1.76 bits per heavy atom. The van der Waals surface area contributed by atoms with Crippen LogP contribution in [-0.2, 0) is 11.0 Å². The van der Waals surface area contributed by atoms with Crippen molar-refractivity contribution in [2.75, 3.05) is 18.6 Å².